The first kappa shape index (κ1) is 115. The summed E-state index contributed by atoms with van der Waals surface area (Å²) in [6, 6.07) is 47.1. The van der Waals surface area contributed by atoms with Crippen molar-refractivity contribution in [3.8, 4) is 34.5 Å². The van der Waals surface area contributed by atoms with Gasteiger partial charge in [0.25, 0.3) is 0 Å². The maximum atomic E-state index is 10.7. The fourth-order valence-corrected chi connectivity index (χ4v) is 18.0. The highest BCUT2D eigenvalue weighted by molar-refractivity contribution is 5.80. The Kier molecular flexibility index (Phi) is 66.2. The highest BCUT2D eigenvalue weighted by Gasteiger charge is 2.19. The molecule has 0 saturated heterocycles. The largest absolute Gasteiger partial charge is 0.490 e. The van der Waals surface area contributed by atoms with Crippen molar-refractivity contribution in [2.45, 2.75) is 440 Å². The lowest BCUT2D eigenvalue weighted by molar-refractivity contribution is 0.234. The van der Waals surface area contributed by atoms with Crippen LogP contribution in [0.4, 0.5) is 0 Å². The van der Waals surface area contributed by atoms with E-state index >= 15 is 0 Å². The van der Waals surface area contributed by atoms with Crippen LogP contribution in [0.15, 0.2) is 133 Å². The lowest BCUT2D eigenvalue weighted by Gasteiger charge is -2.18. The van der Waals surface area contributed by atoms with Crippen LogP contribution in [0.5, 0.6) is 34.5 Å². The highest BCUT2D eigenvalue weighted by Crippen LogP contribution is 2.43. The van der Waals surface area contributed by atoms with Crippen LogP contribution in [0.3, 0.4) is 0 Å². The van der Waals surface area contributed by atoms with E-state index in [4.69, 9.17) is 28.4 Å². The minimum absolute atomic E-state index is 0.126. The summed E-state index contributed by atoms with van der Waals surface area (Å²) in [6.07, 6.45) is 103. The third-order valence-corrected chi connectivity index (χ3v) is 26.9. The predicted molar refractivity (Wildman–Crippen MR) is 595 cm³/mol. The van der Waals surface area contributed by atoms with Gasteiger partial charge in [0.1, 0.15) is 0 Å². The monoisotopic (exact) mass is 1860 g/mol. The average Bonchev–Trinajstić information content (AvgIpc) is 0.831. The Bertz CT molecular complexity index is 3900. The smallest absolute Gasteiger partial charge is 0.203 e. The molecule has 0 fully saturated rings. The first-order chi connectivity index (χ1) is 67.3. The van der Waals surface area contributed by atoms with E-state index in [0.29, 0.717) is 39.6 Å². The quantitative estimate of drug-likeness (QED) is 0.0288. The lowest BCUT2D eigenvalue weighted by Crippen LogP contribution is -2.07. The summed E-state index contributed by atoms with van der Waals surface area (Å²) in [5, 5.41) is 21.4. The van der Waals surface area contributed by atoms with Crippen LogP contribution in [-0.4, -0.2) is 49.9 Å². The van der Waals surface area contributed by atoms with E-state index in [-0.39, 0.29) is 13.2 Å². The molecule has 0 spiro atoms. The van der Waals surface area contributed by atoms with Gasteiger partial charge in [0.05, 0.1) is 52.9 Å². The van der Waals surface area contributed by atoms with Gasteiger partial charge in [-0.25, -0.2) is 0 Å². The maximum absolute atomic E-state index is 10.7. The fourth-order valence-electron chi connectivity index (χ4n) is 18.0. The van der Waals surface area contributed by atoms with E-state index < -0.39 is 0 Å². The summed E-state index contributed by atoms with van der Waals surface area (Å²) in [5.41, 5.74) is 14.2. The number of aliphatic hydroxyl groups excluding tert-OH is 2. The molecule has 0 saturated carbocycles. The molecule has 8 nitrogen and oxygen atoms in total. The SMILES string of the molecule is CCCCCCCCCCCCOc1cc(/C=C/c2ccc(/C=C/c3ccc(/C=C/c4cc(CO)c(/C=C/c5ccc(/C=C/c6ccc(/C=C/c7cc(OCCCCCCCCCCCC)c(OCCCCCCCCCCCC)c(OCCCCCCCCCCCC)c7)cc6)cc5)cc4CO)cc3)cc2)cc(OCCCCCCCCCCCC)c1OCCCCCCCCCCCC. The Morgan fingerprint density at radius 2 is 0.301 bits per heavy atom. The van der Waals surface area contributed by atoms with E-state index in [1.54, 1.807) is 0 Å². The molecule has 750 valence electrons. The van der Waals surface area contributed by atoms with E-state index in [1.807, 2.05) is 24.3 Å². The van der Waals surface area contributed by atoms with Crippen LogP contribution in [0, 0.1) is 0 Å². The molecule has 0 aliphatic rings. The van der Waals surface area contributed by atoms with Crippen LogP contribution in [0.1, 0.15) is 505 Å². The number of hydrogen-bond acceptors (Lipinski definition) is 8. The molecule has 7 aromatic carbocycles. The van der Waals surface area contributed by atoms with Crippen molar-refractivity contribution in [1.82, 2.24) is 0 Å². The van der Waals surface area contributed by atoms with Gasteiger partial charge < -0.3 is 38.6 Å². The van der Waals surface area contributed by atoms with Gasteiger partial charge >= 0.3 is 0 Å². The van der Waals surface area contributed by atoms with E-state index in [0.717, 1.165) is 151 Å². The summed E-state index contributed by atoms with van der Waals surface area (Å²) in [4.78, 5) is 0. The van der Waals surface area contributed by atoms with Crippen molar-refractivity contribution in [3.05, 3.63) is 211 Å². The van der Waals surface area contributed by atoms with Gasteiger partial charge in [-0.2, -0.15) is 0 Å². The van der Waals surface area contributed by atoms with Crippen molar-refractivity contribution in [2.75, 3.05) is 39.6 Å². The molecule has 0 amide bonds. The molecular formula is C128H190O8. The van der Waals surface area contributed by atoms with Gasteiger partial charge in [0.15, 0.2) is 23.0 Å². The number of hydrogen-bond donors (Lipinski definition) is 2. The summed E-state index contributed by atoms with van der Waals surface area (Å²) >= 11 is 0. The third-order valence-electron chi connectivity index (χ3n) is 26.9. The number of unbranched alkanes of at least 4 members (excludes halogenated alkanes) is 54. The normalized spacial score (nSPS) is 11.9. The van der Waals surface area contributed by atoms with Crippen LogP contribution >= 0.6 is 0 Å². The van der Waals surface area contributed by atoms with E-state index in [2.05, 4.69) is 224 Å². The first-order valence-corrected chi connectivity index (χ1v) is 56.3. The van der Waals surface area contributed by atoms with Gasteiger partial charge in [-0.1, -0.05) is 558 Å². The molecule has 0 aliphatic carbocycles. The fraction of sp³-hybridized carbons (Fsp3) is 0.578. The van der Waals surface area contributed by atoms with Crippen molar-refractivity contribution in [2.24, 2.45) is 0 Å². The predicted octanol–water partition coefficient (Wildman–Crippen LogP) is 39.5. The molecule has 0 aromatic heterocycles. The van der Waals surface area contributed by atoms with Crippen molar-refractivity contribution >= 4 is 72.9 Å². The molecule has 0 heterocycles. The van der Waals surface area contributed by atoms with Gasteiger partial charge in [-0.05, 0) is 153 Å². The molecule has 136 heavy (non-hydrogen) atoms. The van der Waals surface area contributed by atoms with Gasteiger partial charge in [-0.15, -0.1) is 0 Å². The first-order valence-electron chi connectivity index (χ1n) is 56.3. The highest BCUT2D eigenvalue weighted by atomic mass is 16.5. The maximum Gasteiger partial charge on any atom is 0.203 e. The average molecular weight is 1860 g/mol. The molecule has 8 heteroatoms. The molecule has 7 rings (SSSR count). The molecule has 0 unspecified atom stereocenters. The molecule has 0 aliphatic heterocycles. The molecule has 7 aromatic rings. The summed E-state index contributed by atoms with van der Waals surface area (Å²) < 4.78 is 40.5. The third kappa shape index (κ3) is 53.2. The second-order valence-corrected chi connectivity index (χ2v) is 39.1. The number of rotatable bonds is 86. The van der Waals surface area contributed by atoms with Crippen LogP contribution in [0.25, 0.3) is 72.9 Å². The molecule has 2 N–H and O–H groups in total. The topological polar surface area (TPSA) is 95.8 Å². The van der Waals surface area contributed by atoms with Gasteiger partial charge in [0, 0.05) is 0 Å². The van der Waals surface area contributed by atoms with Crippen LogP contribution in [-0.2, 0) is 13.2 Å². The standard InChI is InChI=1S/C128H190O8/c1-7-13-19-25-31-37-43-49-55-61-95-131-123-101-117(102-124(132-96-62-56-50-44-38-32-26-20-14-8-2)127(123)135-99-65-59-53-47-41-35-29-23-17-11-5)89-87-113-75-71-109(72-76-113)67-69-111-79-83-115(84-80-111)91-93-119-105-122(108-130)120(106-121(119)107-129)94-92-116-85-81-112(82-86-116)70-68-110-73-77-114(78-74-110)88-90-118-103-125(133-97-63-57-51-45-39-33-27-21-15-9-3)128(136-100-66-60-54-48-42-36-30-24-18-12-6)126(104-118)134-98-64-58-52-46-40-34-28-22-16-10-4/h67-94,101-106,129-130H,7-66,95-100,107-108H2,1-6H3/b69-67+,70-68+,89-87+,90-88+,93-91+,94-92+. The number of ether oxygens (including phenoxy) is 6. The number of benzene rings is 7. The Labute approximate surface area is 831 Å². The number of aliphatic hydroxyl groups is 2. The molecular weight excluding hydrogens is 1670 g/mol. The van der Waals surface area contributed by atoms with Crippen molar-refractivity contribution < 1.29 is 38.6 Å². The Hall–Kier alpha value is -8.30. The minimum atomic E-state index is -0.126. The Balaban J connectivity index is 0.947. The second kappa shape index (κ2) is 78.5. The Morgan fingerprint density at radius 1 is 0.162 bits per heavy atom. The summed E-state index contributed by atoms with van der Waals surface area (Å²) in [6.45, 7) is 17.5. The molecule has 0 radical (unpaired) electrons. The van der Waals surface area contributed by atoms with Crippen LogP contribution in [0.2, 0.25) is 0 Å². The van der Waals surface area contributed by atoms with Gasteiger partial charge in [0.2, 0.25) is 11.5 Å². The lowest BCUT2D eigenvalue weighted by atomic mass is 9.97. The minimum Gasteiger partial charge on any atom is -0.490 e. The van der Waals surface area contributed by atoms with E-state index in [9.17, 15) is 10.2 Å². The zero-order valence-electron chi connectivity index (χ0n) is 87.1. The zero-order chi connectivity index (χ0) is 95.9. The Morgan fingerprint density at radius 3 is 0.463 bits per heavy atom. The zero-order valence-corrected chi connectivity index (χ0v) is 87.1. The van der Waals surface area contributed by atoms with E-state index in [1.165, 1.54) is 347 Å². The second-order valence-electron chi connectivity index (χ2n) is 39.1. The van der Waals surface area contributed by atoms with Crippen molar-refractivity contribution in [3.63, 3.8) is 0 Å². The summed E-state index contributed by atoms with van der Waals surface area (Å²) in [5.74, 6) is 4.72. The van der Waals surface area contributed by atoms with Gasteiger partial charge in [-0.3, -0.25) is 0 Å². The molecule has 0 bridgehead atoms. The van der Waals surface area contributed by atoms with Crippen molar-refractivity contribution in [1.29, 1.82) is 0 Å². The molecule has 0 atom stereocenters. The summed E-state index contributed by atoms with van der Waals surface area (Å²) in [7, 11) is 0. The van der Waals surface area contributed by atoms with Crippen LogP contribution < -0.4 is 28.4 Å².